The molecule has 2 aliphatic rings. The maximum Gasteiger partial charge on any atom is 0.221 e. The van der Waals surface area contributed by atoms with Gasteiger partial charge in [0.2, 0.25) is 5.91 Å². The van der Waals surface area contributed by atoms with Crippen LogP contribution in [0.4, 0.5) is 0 Å². The van der Waals surface area contributed by atoms with E-state index in [0.29, 0.717) is 11.8 Å². The minimum absolute atomic E-state index is 0. The first-order valence-corrected chi connectivity index (χ1v) is 10.5. The topological polar surface area (TPSA) is 79.4 Å². The fourth-order valence-electron chi connectivity index (χ4n) is 3.50. The highest BCUT2D eigenvalue weighted by molar-refractivity contribution is 7.90. The van der Waals surface area contributed by atoms with E-state index < -0.39 is 9.84 Å². The van der Waals surface area contributed by atoms with Gasteiger partial charge < -0.3 is 5.32 Å². The van der Waals surface area contributed by atoms with E-state index in [-0.39, 0.29) is 48.9 Å². The SMILES string of the molecule is CS(=O)(=O)CCC(=O)N[C@H]1CN(Cc2ccncc2)C[C@@H]1C1CC1.Cl.Cl. The van der Waals surface area contributed by atoms with Gasteiger partial charge in [0.05, 0.1) is 5.75 Å². The molecule has 1 aliphatic heterocycles. The van der Waals surface area contributed by atoms with Gasteiger partial charge in [-0.05, 0) is 42.4 Å². The van der Waals surface area contributed by atoms with Gasteiger partial charge in [-0.15, -0.1) is 24.8 Å². The first-order valence-electron chi connectivity index (χ1n) is 8.49. The second kappa shape index (κ2) is 9.88. The first kappa shape index (κ1) is 23.1. The van der Waals surface area contributed by atoms with Crippen LogP contribution >= 0.6 is 24.8 Å². The molecule has 2 heterocycles. The molecule has 1 saturated carbocycles. The number of rotatable bonds is 7. The third kappa shape index (κ3) is 7.02. The third-order valence-corrected chi connectivity index (χ3v) is 5.82. The van der Waals surface area contributed by atoms with Crippen molar-refractivity contribution in [3.05, 3.63) is 30.1 Å². The highest BCUT2D eigenvalue weighted by Gasteiger charge is 2.42. The summed E-state index contributed by atoms with van der Waals surface area (Å²) in [6.07, 6.45) is 7.30. The summed E-state index contributed by atoms with van der Waals surface area (Å²) in [6, 6.07) is 4.17. The summed E-state index contributed by atoms with van der Waals surface area (Å²) in [6.45, 7) is 2.68. The van der Waals surface area contributed by atoms with Crippen LogP contribution in [0, 0.1) is 11.8 Å². The minimum Gasteiger partial charge on any atom is -0.352 e. The summed E-state index contributed by atoms with van der Waals surface area (Å²) in [5.74, 6) is 0.948. The third-order valence-electron chi connectivity index (χ3n) is 4.87. The van der Waals surface area contributed by atoms with Gasteiger partial charge in [-0.1, -0.05) is 0 Å². The van der Waals surface area contributed by atoms with E-state index in [0.717, 1.165) is 19.6 Å². The standard InChI is InChI=1S/C17H25N3O3S.2ClH/c1-24(22,23)9-6-17(21)19-16-12-20(11-15(16)14-2-3-14)10-13-4-7-18-8-5-13;;/h4-5,7-8,14-16H,2-3,6,9-12H2,1H3,(H,19,21);2*1H/t15-,16+;;/m1../s1. The van der Waals surface area contributed by atoms with Gasteiger partial charge in [-0.3, -0.25) is 14.7 Å². The van der Waals surface area contributed by atoms with Gasteiger partial charge in [0.1, 0.15) is 9.84 Å². The zero-order chi connectivity index (χ0) is 17.2. The number of aromatic nitrogens is 1. The molecule has 0 radical (unpaired) electrons. The number of carbonyl (C=O) groups is 1. The molecule has 3 rings (SSSR count). The largest absolute Gasteiger partial charge is 0.352 e. The number of halogens is 2. The molecule has 2 fully saturated rings. The summed E-state index contributed by atoms with van der Waals surface area (Å²) >= 11 is 0. The van der Waals surface area contributed by atoms with E-state index in [1.165, 1.54) is 24.7 Å². The van der Waals surface area contributed by atoms with Crippen molar-refractivity contribution in [2.75, 3.05) is 25.1 Å². The Balaban J connectivity index is 0.00000169. The lowest BCUT2D eigenvalue weighted by Crippen LogP contribution is -2.41. The number of sulfone groups is 1. The monoisotopic (exact) mass is 423 g/mol. The Bertz CT molecular complexity index is 684. The fourth-order valence-corrected chi connectivity index (χ4v) is 4.06. The Hall–Kier alpha value is -0.890. The summed E-state index contributed by atoms with van der Waals surface area (Å²) < 4.78 is 22.4. The molecule has 1 aliphatic carbocycles. The highest BCUT2D eigenvalue weighted by atomic mass is 35.5. The first-order chi connectivity index (χ1) is 11.4. The number of nitrogens with zero attached hydrogens (tertiary/aromatic N) is 2. The average Bonchev–Trinajstić information content (AvgIpc) is 3.29. The Morgan fingerprint density at radius 3 is 2.46 bits per heavy atom. The molecule has 2 atom stereocenters. The summed E-state index contributed by atoms with van der Waals surface area (Å²) in [5, 5.41) is 3.08. The van der Waals surface area contributed by atoms with E-state index in [1.807, 2.05) is 12.1 Å². The van der Waals surface area contributed by atoms with Crippen LogP contribution < -0.4 is 5.32 Å². The maximum absolute atomic E-state index is 12.1. The van der Waals surface area contributed by atoms with Crippen molar-refractivity contribution in [3.63, 3.8) is 0 Å². The number of amides is 1. The molecule has 0 bridgehead atoms. The van der Waals surface area contributed by atoms with Crippen molar-refractivity contribution in [2.45, 2.75) is 31.8 Å². The average molecular weight is 424 g/mol. The number of likely N-dealkylation sites (tertiary alicyclic amines) is 1. The van der Waals surface area contributed by atoms with E-state index in [2.05, 4.69) is 15.2 Å². The van der Waals surface area contributed by atoms with Gasteiger partial charge in [0.15, 0.2) is 0 Å². The lowest BCUT2D eigenvalue weighted by molar-refractivity contribution is -0.121. The van der Waals surface area contributed by atoms with Crippen LogP contribution in [0.1, 0.15) is 24.8 Å². The second-order valence-electron chi connectivity index (χ2n) is 7.10. The molecule has 26 heavy (non-hydrogen) atoms. The van der Waals surface area contributed by atoms with Crippen molar-refractivity contribution in [1.29, 1.82) is 0 Å². The smallest absolute Gasteiger partial charge is 0.221 e. The molecule has 0 unspecified atom stereocenters. The van der Waals surface area contributed by atoms with Gasteiger partial charge in [0.25, 0.3) is 0 Å². The Morgan fingerprint density at radius 2 is 1.88 bits per heavy atom. The highest BCUT2D eigenvalue weighted by Crippen LogP contribution is 2.41. The molecule has 148 valence electrons. The number of hydrogen-bond acceptors (Lipinski definition) is 5. The van der Waals surface area contributed by atoms with Crippen LogP contribution in [0.15, 0.2) is 24.5 Å². The van der Waals surface area contributed by atoms with Gasteiger partial charge in [-0.2, -0.15) is 0 Å². The van der Waals surface area contributed by atoms with Crippen LogP contribution in [0.5, 0.6) is 0 Å². The van der Waals surface area contributed by atoms with E-state index in [4.69, 9.17) is 0 Å². The van der Waals surface area contributed by atoms with Crippen molar-refractivity contribution >= 4 is 40.6 Å². The number of hydrogen-bond donors (Lipinski definition) is 1. The number of pyridine rings is 1. The molecule has 0 spiro atoms. The van der Waals surface area contributed by atoms with E-state index in [1.54, 1.807) is 12.4 Å². The van der Waals surface area contributed by atoms with Crippen LogP contribution in [-0.2, 0) is 21.2 Å². The summed E-state index contributed by atoms with van der Waals surface area (Å²) in [7, 11) is -3.10. The second-order valence-corrected chi connectivity index (χ2v) is 9.36. The van der Waals surface area contributed by atoms with Crippen LogP contribution in [0.2, 0.25) is 0 Å². The van der Waals surface area contributed by atoms with Crippen molar-refractivity contribution in [3.8, 4) is 0 Å². The Labute approximate surface area is 167 Å². The molecular formula is C17H27Cl2N3O3S. The summed E-state index contributed by atoms with van der Waals surface area (Å²) in [5.41, 5.74) is 1.23. The molecule has 6 nitrogen and oxygen atoms in total. The molecule has 1 aromatic heterocycles. The van der Waals surface area contributed by atoms with Crippen LogP contribution in [-0.4, -0.2) is 55.3 Å². The summed E-state index contributed by atoms with van der Waals surface area (Å²) in [4.78, 5) is 18.5. The fraction of sp³-hybridized carbons (Fsp3) is 0.647. The van der Waals surface area contributed by atoms with E-state index >= 15 is 0 Å². The molecular weight excluding hydrogens is 397 g/mol. The molecule has 9 heteroatoms. The van der Waals surface area contributed by atoms with Crippen molar-refractivity contribution in [2.24, 2.45) is 11.8 Å². The number of carbonyl (C=O) groups excluding carboxylic acids is 1. The minimum atomic E-state index is -3.10. The Kier molecular flexibility index (Phi) is 8.79. The van der Waals surface area contributed by atoms with Gasteiger partial charge in [0, 0.05) is 50.7 Å². The zero-order valence-electron chi connectivity index (χ0n) is 14.8. The molecule has 0 aromatic carbocycles. The molecule has 1 saturated heterocycles. The Morgan fingerprint density at radius 1 is 1.23 bits per heavy atom. The van der Waals surface area contributed by atoms with Crippen molar-refractivity contribution < 1.29 is 13.2 Å². The number of nitrogens with one attached hydrogen (secondary N) is 1. The van der Waals surface area contributed by atoms with E-state index in [9.17, 15) is 13.2 Å². The van der Waals surface area contributed by atoms with Crippen molar-refractivity contribution in [1.82, 2.24) is 15.2 Å². The van der Waals surface area contributed by atoms with Gasteiger partial charge >= 0.3 is 0 Å². The quantitative estimate of drug-likeness (QED) is 0.721. The lowest BCUT2D eigenvalue weighted by atomic mass is 9.98. The lowest BCUT2D eigenvalue weighted by Gasteiger charge is -2.19. The zero-order valence-corrected chi connectivity index (χ0v) is 17.3. The molecule has 1 aromatic rings. The van der Waals surface area contributed by atoms with Crippen LogP contribution in [0.3, 0.4) is 0 Å². The van der Waals surface area contributed by atoms with Crippen LogP contribution in [0.25, 0.3) is 0 Å². The molecule has 1 amide bonds. The predicted molar refractivity (Wildman–Crippen MR) is 106 cm³/mol. The predicted octanol–water partition coefficient (Wildman–Crippen LogP) is 1.69. The normalized spacial score (nSPS) is 23.0. The molecule has 1 N–H and O–H groups in total. The maximum atomic E-state index is 12.1. The van der Waals surface area contributed by atoms with Gasteiger partial charge in [-0.25, -0.2) is 8.42 Å².